The lowest BCUT2D eigenvalue weighted by Crippen LogP contribution is -2.45. The molecule has 1 aromatic rings. The van der Waals surface area contributed by atoms with Crippen molar-refractivity contribution in [2.45, 2.75) is 6.92 Å². The van der Waals surface area contributed by atoms with Crippen LogP contribution in [0.4, 0.5) is 11.5 Å². The monoisotopic (exact) mass is 249 g/mol. The molecule has 0 aromatic carbocycles. The van der Waals surface area contributed by atoms with Crippen LogP contribution in [0, 0.1) is 6.92 Å². The quantitative estimate of drug-likeness (QED) is 0.820. The number of nitrogens with two attached hydrogens (primary N) is 1. The molecule has 0 spiro atoms. The number of aryl methyl sites for hydroxylation is 1. The lowest BCUT2D eigenvalue weighted by Gasteiger charge is -2.32. The number of rotatable bonds is 4. The van der Waals surface area contributed by atoms with Gasteiger partial charge in [0.05, 0.1) is 0 Å². The van der Waals surface area contributed by atoms with E-state index in [-0.39, 0.29) is 0 Å². The fourth-order valence-electron chi connectivity index (χ4n) is 2.05. The van der Waals surface area contributed by atoms with Gasteiger partial charge in [0.1, 0.15) is 5.82 Å². The highest BCUT2D eigenvalue weighted by Crippen LogP contribution is 2.13. The SMILES string of the molecule is Cc1cnc(NCCN2CCN(C)CC2)cc1N. The van der Waals surface area contributed by atoms with E-state index in [2.05, 4.69) is 27.1 Å². The molecule has 1 saturated heterocycles. The van der Waals surface area contributed by atoms with Crippen molar-refractivity contribution in [1.29, 1.82) is 0 Å². The smallest absolute Gasteiger partial charge is 0.128 e. The topological polar surface area (TPSA) is 57.4 Å². The number of nitrogens with zero attached hydrogens (tertiary/aromatic N) is 3. The molecule has 0 unspecified atom stereocenters. The van der Waals surface area contributed by atoms with Crippen molar-refractivity contribution in [3.05, 3.63) is 17.8 Å². The van der Waals surface area contributed by atoms with E-state index < -0.39 is 0 Å². The number of likely N-dealkylation sites (N-methyl/N-ethyl adjacent to an activating group) is 1. The van der Waals surface area contributed by atoms with Crippen LogP contribution in [0.25, 0.3) is 0 Å². The van der Waals surface area contributed by atoms with E-state index >= 15 is 0 Å². The molecule has 2 heterocycles. The maximum atomic E-state index is 5.85. The van der Waals surface area contributed by atoms with Crippen molar-refractivity contribution in [2.24, 2.45) is 0 Å². The molecular formula is C13H23N5. The van der Waals surface area contributed by atoms with Gasteiger partial charge in [0, 0.05) is 57.2 Å². The number of anilines is 2. The van der Waals surface area contributed by atoms with Gasteiger partial charge < -0.3 is 16.0 Å². The number of nitrogens with one attached hydrogen (secondary N) is 1. The Balaban J connectivity index is 1.73. The molecule has 2 rings (SSSR count). The van der Waals surface area contributed by atoms with Gasteiger partial charge in [-0.15, -0.1) is 0 Å². The molecule has 100 valence electrons. The summed E-state index contributed by atoms with van der Waals surface area (Å²) in [4.78, 5) is 9.16. The van der Waals surface area contributed by atoms with Crippen LogP contribution in [-0.2, 0) is 0 Å². The highest BCUT2D eigenvalue weighted by molar-refractivity contribution is 5.53. The normalized spacial score (nSPS) is 17.9. The van der Waals surface area contributed by atoms with E-state index in [0.717, 1.165) is 56.3 Å². The summed E-state index contributed by atoms with van der Waals surface area (Å²) in [6.07, 6.45) is 1.81. The molecule has 3 N–H and O–H groups in total. The Morgan fingerprint density at radius 1 is 1.33 bits per heavy atom. The molecule has 5 nitrogen and oxygen atoms in total. The molecule has 0 aliphatic carbocycles. The van der Waals surface area contributed by atoms with E-state index in [1.165, 1.54) is 0 Å². The summed E-state index contributed by atoms with van der Waals surface area (Å²) in [5, 5.41) is 3.32. The minimum Gasteiger partial charge on any atom is -0.398 e. The molecule has 1 aliphatic rings. The lowest BCUT2D eigenvalue weighted by atomic mass is 10.2. The minimum absolute atomic E-state index is 0.798. The molecule has 5 heteroatoms. The zero-order valence-corrected chi connectivity index (χ0v) is 11.3. The van der Waals surface area contributed by atoms with Gasteiger partial charge in [-0.2, -0.15) is 0 Å². The summed E-state index contributed by atoms with van der Waals surface area (Å²) in [5.74, 6) is 0.868. The average molecular weight is 249 g/mol. The van der Waals surface area contributed by atoms with Crippen LogP contribution < -0.4 is 11.1 Å². The number of hydrogen-bond acceptors (Lipinski definition) is 5. The standard InChI is InChI=1S/C13H23N5/c1-11-10-16-13(9-12(11)14)15-3-4-18-7-5-17(2)6-8-18/h9-10H,3-8H2,1-2H3,(H3,14,15,16). The van der Waals surface area contributed by atoms with E-state index in [1.807, 2.05) is 19.2 Å². The van der Waals surface area contributed by atoms with Gasteiger partial charge in [-0.05, 0) is 19.5 Å². The van der Waals surface area contributed by atoms with Gasteiger partial charge in [-0.25, -0.2) is 4.98 Å². The van der Waals surface area contributed by atoms with Crippen LogP contribution in [-0.4, -0.2) is 61.1 Å². The summed E-state index contributed by atoms with van der Waals surface area (Å²) in [6, 6.07) is 1.90. The highest BCUT2D eigenvalue weighted by Gasteiger charge is 2.12. The Kier molecular flexibility index (Phi) is 4.38. The van der Waals surface area contributed by atoms with Gasteiger partial charge in [0.15, 0.2) is 0 Å². The number of hydrogen-bond donors (Lipinski definition) is 2. The van der Waals surface area contributed by atoms with Gasteiger partial charge >= 0.3 is 0 Å². The maximum Gasteiger partial charge on any atom is 0.128 e. The summed E-state index contributed by atoms with van der Waals surface area (Å²) in [5.41, 5.74) is 7.68. The average Bonchev–Trinajstić information content (AvgIpc) is 2.36. The Labute approximate surface area is 109 Å². The van der Waals surface area contributed by atoms with Crippen molar-refractivity contribution in [3.63, 3.8) is 0 Å². The number of piperazine rings is 1. The van der Waals surface area contributed by atoms with E-state index in [9.17, 15) is 0 Å². The van der Waals surface area contributed by atoms with Crippen molar-refractivity contribution < 1.29 is 0 Å². The molecule has 0 atom stereocenters. The second-order valence-electron chi connectivity index (χ2n) is 5.00. The minimum atomic E-state index is 0.798. The van der Waals surface area contributed by atoms with Crippen molar-refractivity contribution in [1.82, 2.24) is 14.8 Å². The second-order valence-corrected chi connectivity index (χ2v) is 5.00. The third kappa shape index (κ3) is 3.58. The highest BCUT2D eigenvalue weighted by atomic mass is 15.2. The Hall–Kier alpha value is -1.33. The third-order valence-corrected chi connectivity index (χ3v) is 3.47. The molecular weight excluding hydrogens is 226 g/mol. The van der Waals surface area contributed by atoms with Crippen LogP contribution in [0.1, 0.15) is 5.56 Å². The molecule has 18 heavy (non-hydrogen) atoms. The Morgan fingerprint density at radius 2 is 2.06 bits per heavy atom. The molecule has 0 radical (unpaired) electrons. The van der Waals surface area contributed by atoms with Crippen LogP contribution in [0.2, 0.25) is 0 Å². The molecule has 1 aromatic heterocycles. The third-order valence-electron chi connectivity index (χ3n) is 3.47. The lowest BCUT2D eigenvalue weighted by molar-refractivity contribution is 0.158. The zero-order chi connectivity index (χ0) is 13.0. The predicted molar refractivity (Wildman–Crippen MR) is 75.8 cm³/mol. The Morgan fingerprint density at radius 3 is 2.72 bits per heavy atom. The first-order valence-electron chi connectivity index (χ1n) is 6.52. The van der Waals surface area contributed by atoms with E-state index in [0.29, 0.717) is 0 Å². The largest absolute Gasteiger partial charge is 0.398 e. The van der Waals surface area contributed by atoms with Crippen LogP contribution in [0.15, 0.2) is 12.3 Å². The summed E-state index contributed by atoms with van der Waals surface area (Å²) < 4.78 is 0. The van der Waals surface area contributed by atoms with Crippen molar-refractivity contribution in [3.8, 4) is 0 Å². The fraction of sp³-hybridized carbons (Fsp3) is 0.615. The first-order chi connectivity index (χ1) is 8.65. The first-order valence-corrected chi connectivity index (χ1v) is 6.52. The molecule has 0 bridgehead atoms. The van der Waals surface area contributed by atoms with Gasteiger partial charge in [-0.3, -0.25) is 4.90 Å². The maximum absolute atomic E-state index is 5.85. The van der Waals surface area contributed by atoms with Crippen LogP contribution in [0.3, 0.4) is 0 Å². The second kappa shape index (κ2) is 6.02. The van der Waals surface area contributed by atoms with Crippen LogP contribution in [0.5, 0.6) is 0 Å². The molecule has 0 amide bonds. The van der Waals surface area contributed by atoms with Gasteiger partial charge in [0.25, 0.3) is 0 Å². The number of pyridine rings is 1. The number of aromatic nitrogens is 1. The van der Waals surface area contributed by atoms with Crippen molar-refractivity contribution in [2.75, 3.05) is 57.4 Å². The Bertz CT molecular complexity index is 385. The summed E-state index contributed by atoms with van der Waals surface area (Å²) in [6.45, 7) is 8.58. The summed E-state index contributed by atoms with van der Waals surface area (Å²) in [7, 11) is 2.18. The van der Waals surface area contributed by atoms with Gasteiger partial charge in [0.2, 0.25) is 0 Å². The van der Waals surface area contributed by atoms with Gasteiger partial charge in [-0.1, -0.05) is 0 Å². The predicted octanol–water partition coefficient (Wildman–Crippen LogP) is 0.632. The molecule has 0 saturated carbocycles. The molecule has 1 aliphatic heterocycles. The van der Waals surface area contributed by atoms with Crippen molar-refractivity contribution >= 4 is 11.5 Å². The first kappa shape index (κ1) is 13.1. The van der Waals surface area contributed by atoms with E-state index in [1.54, 1.807) is 0 Å². The zero-order valence-electron chi connectivity index (χ0n) is 11.3. The molecule has 1 fully saturated rings. The van der Waals surface area contributed by atoms with Crippen LogP contribution >= 0.6 is 0 Å². The number of nitrogen functional groups attached to an aromatic ring is 1. The fourth-order valence-corrected chi connectivity index (χ4v) is 2.05. The summed E-state index contributed by atoms with van der Waals surface area (Å²) >= 11 is 0. The van der Waals surface area contributed by atoms with E-state index in [4.69, 9.17) is 5.73 Å².